The Kier molecular flexibility index (Phi) is 15.1. The van der Waals surface area contributed by atoms with Gasteiger partial charge in [-0.25, -0.2) is 0 Å². The van der Waals surface area contributed by atoms with Crippen LogP contribution in [0.15, 0.2) is 0 Å². The fourth-order valence-electron chi connectivity index (χ4n) is 0.961. The van der Waals surface area contributed by atoms with Gasteiger partial charge < -0.3 is 9.84 Å². The van der Waals surface area contributed by atoms with Crippen molar-refractivity contribution in [3.05, 3.63) is 0 Å². The van der Waals surface area contributed by atoms with Crippen molar-refractivity contribution < 1.29 is 14.6 Å². The zero-order valence-corrected chi connectivity index (χ0v) is 10.6. The monoisotopic (exact) mass is 218 g/mol. The van der Waals surface area contributed by atoms with Crippen molar-refractivity contribution in [1.29, 1.82) is 0 Å². The van der Waals surface area contributed by atoms with Crippen molar-refractivity contribution >= 4 is 5.97 Å². The van der Waals surface area contributed by atoms with Gasteiger partial charge in [0.25, 0.3) is 0 Å². The van der Waals surface area contributed by atoms with Crippen LogP contribution in [0, 0.1) is 0 Å². The summed E-state index contributed by atoms with van der Waals surface area (Å²) in [4.78, 5) is 10.5. The van der Waals surface area contributed by atoms with Crippen LogP contribution in [0.3, 0.4) is 0 Å². The second-order valence-electron chi connectivity index (χ2n) is 3.57. The number of rotatable bonds is 6. The summed E-state index contributed by atoms with van der Waals surface area (Å²) < 4.78 is 4.55. The topological polar surface area (TPSA) is 46.5 Å². The molecule has 0 amide bonds. The van der Waals surface area contributed by atoms with Gasteiger partial charge in [-0.1, -0.05) is 39.5 Å². The number of ether oxygens (including phenoxy) is 1. The molecular weight excluding hydrogens is 192 g/mol. The summed E-state index contributed by atoms with van der Waals surface area (Å²) in [6.07, 6.45) is 5.03. The van der Waals surface area contributed by atoms with E-state index in [-0.39, 0.29) is 12.4 Å². The third kappa shape index (κ3) is 19.7. The molecule has 0 saturated carbocycles. The molecule has 0 aliphatic carbocycles. The SMILES string of the molecule is CCCCCC.CCOC(=O)CC(C)O. The lowest BCUT2D eigenvalue weighted by Gasteiger charge is -2.01. The minimum Gasteiger partial charge on any atom is -0.466 e. The van der Waals surface area contributed by atoms with Crippen LogP contribution in [0.5, 0.6) is 0 Å². The molecule has 1 unspecified atom stereocenters. The lowest BCUT2D eigenvalue weighted by Crippen LogP contribution is -2.11. The minimum atomic E-state index is -0.593. The number of aliphatic hydroxyl groups is 1. The molecule has 0 aliphatic rings. The summed E-state index contributed by atoms with van der Waals surface area (Å²) in [6, 6.07) is 0. The highest BCUT2D eigenvalue weighted by atomic mass is 16.5. The van der Waals surface area contributed by atoms with Crippen molar-refractivity contribution in [3.63, 3.8) is 0 Å². The second-order valence-corrected chi connectivity index (χ2v) is 3.57. The van der Waals surface area contributed by atoms with Gasteiger partial charge in [0, 0.05) is 0 Å². The Morgan fingerprint density at radius 3 is 1.93 bits per heavy atom. The van der Waals surface area contributed by atoms with Gasteiger partial charge in [0.15, 0.2) is 0 Å². The van der Waals surface area contributed by atoms with E-state index in [9.17, 15) is 4.79 Å². The molecule has 0 radical (unpaired) electrons. The molecule has 0 aromatic rings. The number of hydrogen-bond donors (Lipinski definition) is 1. The average molecular weight is 218 g/mol. The van der Waals surface area contributed by atoms with Gasteiger partial charge in [0.2, 0.25) is 0 Å². The molecule has 0 aromatic carbocycles. The maximum Gasteiger partial charge on any atom is 0.308 e. The Balaban J connectivity index is 0. The van der Waals surface area contributed by atoms with Crippen molar-refractivity contribution in [2.75, 3.05) is 6.61 Å². The summed E-state index contributed by atoms with van der Waals surface area (Å²) >= 11 is 0. The van der Waals surface area contributed by atoms with Crippen LogP contribution in [-0.4, -0.2) is 23.8 Å². The van der Waals surface area contributed by atoms with E-state index in [1.54, 1.807) is 13.8 Å². The van der Waals surface area contributed by atoms with Gasteiger partial charge in [0.05, 0.1) is 19.1 Å². The summed E-state index contributed by atoms with van der Waals surface area (Å²) in [5, 5.41) is 8.65. The van der Waals surface area contributed by atoms with E-state index in [2.05, 4.69) is 18.6 Å². The molecule has 0 aliphatic heterocycles. The summed E-state index contributed by atoms with van der Waals surface area (Å²) in [5.41, 5.74) is 0. The highest BCUT2D eigenvalue weighted by Gasteiger charge is 2.04. The zero-order chi connectivity index (χ0) is 12.1. The van der Waals surface area contributed by atoms with Crippen molar-refractivity contribution in [1.82, 2.24) is 0 Å². The smallest absolute Gasteiger partial charge is 0.308 e. The summed E-state index contributed by atoms with van der Waals surface area (Å²) in [5.74, 6) is -0.340. The van der Waals surface area contributed by atoms with E-state index >= 15 is 0 Å². The van der Waals surface area contributed by atoms with Crippen LogP contribution in [-0.2, 0) is 9.53 Å². The van der Waals surface area contributed by atoms with Crippen LogP contribution < -0.4 is 0 Å². The molecule has 1 N–H and O–H groups in total. The third-order valence-electron chi connectivity index (χ3n) is 1.72. The largest absolute Gasteiger partial charge is 0.466 e. The summed E-state index contributed by atoms with van der Waals surface area (Å²) in [7, 11) is 0. The fraction of sp³-hybridized carbons (Fsp3) is 0.917. The van der Waals surface area contributed by atoms with Gasteiger partial charge in [-0.15, -0.1) is 0 Å². The highest BCUT2D eigenvalue weighted by Crippen LogP contribution is 1.95. The first-order chi connectivity index (χ1) is 7.08. The van der Waals surface area contributed by atoms with E-state index in [1.165, 1.54) is 25.7 Å². The number of carbonyl (C=O) groups is 1. The first kappa shape index (κ1) is 16.8. The molecule has 0 rings (SSSR count). The van der Waals surface area contributed by atoms with Crippen LogP contribution in [0.25, 0.3) is 0 Å². The van der Waals surface area contributed by atoms with Crippen molar-refractivity contribution in [3.8, 4) is 0 Å². The maximum atomic E-state index is 10.5. The Labute approximate surface area is 93.8 Å². The van der Waals surface area contributed by atoms with Gasteiger partial charge in [-0.3, -0.25) is 4.79 Å². The number of hydrogen-bond acceptors (Lipinski definition) is 3. The number of carbonyl (C=O) groups excluding carboxylic acids is 1. The van der Waals surface area contributed by atoms with Crippen molar-refractivity contribution in [2.45, 2.75) is 65.9 Å². The molecule has 0 bridgehead atoms. The minimum absolute atomic E-state index is 0.0911. The predicted octanol–water partition coefficient (Wildman–Crippen LogP) is 2.91. The van der Waals surface area contributed by atoms with Crippen LogP contribution >= 0.6 is 0 Å². The third-order valence-corrected chi connectivity index (χ3v) is 1.72. The van der Waals surface area contributed by atoms with E-state index in [4.69, 9.17) is 5.11 Å². The molecule has 0 saturated heterocycles. The molecule has 0 fully saturated rings. The lowest BCUT2D eigenvalue weighted by molar-refractivity contribution is -0.145. The number of esters is 1. The van der Waals surface area contributed by atoms with E-state index in [0.29, 0.717) is 6.61 Å². The highest BCUT2D eigenvalue weighted by molar-refractivity contribution is 5.69. The maximum absolute atomic E-state index is 10.5. The molecule has 3 nitrogen and oxygen atoms in total. The number of aliphatic hydroxyl groups excluding tert-OH is 1. The molecular formula is C12H26O3. The normalized spacial score (nSPS) is 11.3. The zero-order valence-electron chi connectivity index (χ0n) is 10.6. The molecule has 0 spiro atoms. The molecule has 0 heterocycles. The van der Waals surface area contributed by atoms with Crippen LogP contribution in [0.1, 0.15) is 59.8 Å². The Morgan fingerprint density at radius 2 is 1.67 bits per heavy atom. The Hall–Kier alpha value is -0.570. The first-order valence-corrected chi connectivity index (χ1v) is 5.92. The standard InChI is InChI=1S/C6H12O3.C6H14/c1-3-9-6(8)4-5(2)7;1-3-5-6-4-2/h5,7H,3-4H2,1-2H3;3-6H2,1-2H3. The van der Waals surface area contributed by atoms with E-state index in [0.717, 1.165) is 0 Å². The van der Waals surface area contributed by atoms with E-state index in [1.807, 2.05) is 0 Å². The molecule has 3 heteroatoms. The molecule has 1 atom stereocenters. The van der Waals surface area contributed by atoms with Gasteiger partial charge in [0.1, 0.15) is 0 Å². The predicted molar refractivity (Wildman–Crippen MR) is 62.7 cm³/mol. The van der Waals surface area contributed by atoms with Crippen LogP contribution in [0.2, 0.25) is 0 Å². The van der Waals surface area contributed by atoms with Gasteiger partial charge in [-0.05, 0) is 13.8 Å². The Bertz CT molecular complexity index is 129. The first-order valence-electron chi connectivity index (χ1n) is 5.92. The van der Waals surface area contributed by atoms with Gasteiger partial charge in [-0.2, -0.15) is 0 Å². The number of unbranched alkanes of at least 4 members (excludes halogenated alkanes) is 3. The quantitative estimate of drug-likeness (QED) is 0.551. The molecule has 15 heavy (non-hydrogen) atoms. The van der Waals surface area contributed by atoms with Gasteiger partial charge >= 0.3 is 5.97 Å². The lowest BCUT2D eigenvalue weighted by atomic mass is 10.2. The molecule has 92 valence electrons. The molecule has 0 aromatic heterocycles. The van der Waals surface area contributed by atoms with Crippen molar-refractivity contribution in [2.24, 2.45) is 0 Å². The Morgan fingerprint density at radius 1 is 1.20 bits per heavy atom. The summed E-state index contributed by atoms with van der Waals surface area (Å²) in [6.45, 7) is 8.13. The van der Waals surface area contributed by atoms with E-state index < -0.39 is 6.10 Å². The second kappa shape index (κ2) is 13.4. The fourth-order valence-corrected chi connectivity index (χ4v) is 0.961. The van der Waals surface area contributed by atoms with Crippen LogP contribution in [0.4, 0.5) is 0 Å². The average Bonchev–Trinajstić information content (AvgIpc) is 2.15.